The van der Waals surface area contributed by atoms with E-state index >= 15 is 0 Å². The maximum atomic E-state index is 12.8. The van der Waals surface area contributed by atoms with Crippen molar-refractivity contribution in [2.75, 3.05) is 6.54 Å². The highest BCUT2D eigenvalue weighted by atomic mass is 32.1. The first-order valence-electron chi connectivity index (χ1n) is 4.13. The Morgan fingerprint density at radius 1 is 1.31 bits per heavy atom. The van der Waals surface area contributed by atoms with Crippen LogP contribution in [0.5, 0.6) is 0 Å². The second-order valence-corrected chi connectivity index (χ2v) is 3.43. The van der Waals surface area contributed by atoms with Gasteiger partial charge in [-0.2, -0.15) is 0 Å². The van der Waals surface area contributed by atoms with Gasteiger partial charge in [-0.3, -0.25) is 4.79 Å². The lowest BCUT2D eigenvalue weighted by Gasteiger charge is -2.04. The van der Waals surface area contributed by atoms with Crippen LogP contribution in [0.4, 0.5) is 13.2 Å². The summed E-state index contributed by atoms with van der Waals surface area (Å²) < 4.78 is 38.1. The summed E-state index contributed by atoms with van der Waals surface area (Å²) in [5, 5.41) is 2.21. The van der Waals surface area contributed by atoms with Gasteiger partial charge in [0, 0.05) is 5.56 Å². The summed E-state index contributed by atoms with van der Waals surface area (Å²) in [5.41, 5.74) is 4.77. The molecular weight excluding hydrogens is 241 g/mol. The summed E-state index contributed by atoms with van der Waals surface area (Å²) in [6.45, 7) is -0.102. The molecule has 86 valence electrons. The zero-order valence-electron chi connectivity index (χ0n) is 7.89. The van der Waals surface area contributed by atoms with E-state index in [1.807, 2.05) is 0 Å². The minimum atomic E-state index is -1.62. The van der Waals surface area contributed by atoms with Gasteiger partial charge in [-0.25, -0.2) is 13.2 Å². The van der Waals surface area contributed by atoms with Crippen LogP contribution in [0.15, 0.2) is 12.1 Å². The van der Waals surface area contributed by atoms with Crippen LogP contribution in [0.3, 0.4) is 0 Å². The number of carbonyl (C=O) groups excluding carboxylic acids is 1. The third-order valence-corrected chi connectivity index (χ3v) is 1.81. The molecule has 0 aliphatic rings. The molecule has 1 amide bonds. The van der Waals surface area contributed by atoms with Crippen molar-refractivity contribution in [1.82, 2.24) is 5.32 Å². The number of rotatable bonds is 3. The standard InChI is InChI=1S/C9H7F3N2OS/c10-5-1-4(2-6(11)8(5)12)9(15)14-3-7(13)16/h1-2H,3H2,(H2,13,16)(H,14,15). The number of amides is 1. The van der Waals surface area contributed by atoms with Gasteiger partial charge in [0.1, 0.15) is 0 Å². The average Bonchev–Trinajstić information content (AvgIpc) is 2.21. The number of nitrogens with two attached hydrogens (primary N) is 1. The van der Waals surface area contributed by atoms with Crippen molar-refractivity contribution in [2.24, 2.45) is 5.73 Å². The summed E-state index contributed by atoms with van der Waals surface area (Å²) in [6.07, 6.45) is 0. The Labute approximate surface area is 94.4 Å². The first-order chi connectivity index (χ1) is 7.41. The van der Waals surface area contributed by atoms with Crippen LogP contribution in [-0.4, -0.2) is 17.4 Å². The molecule has 0 heterocycles. The zero-order chi connectivity index (χ0) is 12.3. The Hall–Kier alpha value is -1.63. The summed E-state index contributed by atoms with van der Waals surface area (Å²) >= 11 is 4.49. The monoisotopic (exact) mass is 248 g/mol. The largest absolute Gasteiger partial charge is 0.392 e. The summed E-state index contributed by atoms with van der Waals surface area (Å²) in [7, 11) is 0. The maximum absolute atomic E-state index is 12.8. The van der Waals surface area contributed by atoms with Gasteiger partial charge in [-0.15, -0.1) is 0 Å². The van der Waals surface area contributed by atoms with Crippen LogP contribution in [0, 0.1) is 17.5 Å². The fraction of sp³-hybridized carbons (Fsp3) is 0.111. The number of hydrogen-bond donors (Lipinski definition) is 2. The third-order valence-electron chi connectivity index (χ3n) is 1.67. The van der Waals surface area contributed by atoms with E-state index in [9.17, 15) is 18.0 Å². The number of benzene rings is 1. The summed E-state index contributed by atoms with van der Waals surface area (Å²) in [5.74, 6) is -5.27. The van der Waals surface area contributed by atoms with Crippen LogP contribution in [0.1, 0.15) is 10.4 Å². The molecular formula is C9H7F3N2OS. The van der Waals surface area contributed by atoms with Crippen molar-refractivity contribution in [3.05, 3.63) is 35.1 Å². The van der Waals surface area contributed by atoms with Gasteiger partial charge < -0.3 is 11.1 Å². The van der Waals surface area contributed by atoms with E-state index in [1.165, 1.54) is 0 Å². The van der Waals surface area contributed by atoms with E-state index in [4.69, 9.17) is 5.73 Å². The smallest absolute Gasteiger partial charge is 0.251 e. The van der Waals surface area contributed by atoms with Crippen LogP contribution < -0.4 is 11.1 Å². The van der Waals surface area contributed by atoms with Gasteiger partial charge in [-0.1, -0.05) is 12.2 Å². The molecule has 0 unspecified atom stereocenters. The molecule has 16 heavy (non-hydrogen) atoms. The maximum Gasteiger partial charge on any atom is 0.251 e. The molecule has 0 spiro atoms. The van der Waals surface area contributed by atoms with Crippen molar-refractivity contribution in [3.8, 4) is 0 Å². The molecule has 1 rings (SSSR count). The second-order valence-electron chi connectivity index (χ2n) is 2.90. The Balaban J connectivity index is 2.88. The predicted molar refractivity (Wildman–Crippen MR) is 55.4 cm³/mol. The molecule has 0 saturated heterocycles. The van der Waals surface area contributed by atoms with E-state index in [0.29, 0.717) is 12.1 Å². The number of hydrogen-bond acceptors (Lipinski definition) is 2. The third kappa shape index (κ3) is 2.93. The van der Waals surface area contributed by atoms with Crippen LogP contribution in [0.25, 0.3) is 0 Å². The van der Waals surface area contributed by atoms with E-state index in [2.05, 4.69) is 17.5 Å². The molecule has 0 bridgehead atoms. The highest BCUT2D eigenvalue weighted by Crippen LogP contribution is 2.13. The topological polar surface area (TPSA) is 55.1 Å². The van der Waals surface area contributed by atoms with E-state index in [0.717, 1.165) is 0 Å². The van der Waals surface area contributed by atoms with Crippen molar-refractivity contribution < 1.29 is 18.0 Å². The molecule has 0 aromatic heterocycles. The van der Waals surface area contributed by atoms with Gasteiger partial charge >= 0.3 is 0 Å². The Bertz CT molecular complexity index is 427. The molecule has 0 radical (unpaired) electrons. The fourth-order valence-corrected chi connectivity index (χ4v) is 1.03. The minimum Gasteiger partial charge on any atom is -0.392 e. The van der Waals surface area contributed by atoms with E-state index in [1.54, 1.807) is 0 Å². The van der Waals surface area contributed by atoms with Crippen LogP contribution in [-0.2, 0) is 0 Å². The molecule has 0 atom stereocenters. The highest BCUT2D eigenvalue weighted by molar-refractivity contribution is 7.80. The number of thiocarbonyl (C=S) groups is 1. The van der Waals surface area contributed by atoms with Crippen molar-refractivity contribution in [2.45, 2.75) is 0 Å². The van der Waals surface area contributed by atoms with Gasteiger partial charge in [0.05, 0.1) is 11.5 Å². The quantitative estimate of drug-likeness (QED) is 0.622. The first kappa shape index (κ1) is 12.4. The Morgan fingerprint density at radius 2 is 1.81 bits per heavy atom. The number of nitrogens with one attached hydrogen (secondary N) is 1. The van der Waals surface area contributed by atoms with Crippen LogP contribution in [0.2, 0.25) is 0 Å². The average molecular weight is 248 g/mol. The summed E-state index contributed by atoms with van der Waals surface area (Å²) in [4.78, 5) is 11.3. The van der Waals surface area contributed by atoms with Gasteiger partial charge in [0.15, 0.2) is 17.5 Å². The lowest BCUT2D eigenvalue weighted by atomic mass is 10.2. The van der Waals surface area contributed by atoms with Gasteiger partial charge in [-0.05, 0) is 12.1 Å². The SMILES string of the molecule is NC(=S)CNC(=O)c1cc(F)c(F)c(F)c1. The molecule has 0 aliphatic heterocycles. The van der Waals surface area contributed by atoms with Crippen molar-refractivity contribution in [1.29, 1.82) is 0 Å². The molecule has 0 saturated carbocycles. The molecule has 7 heteroatoms. The molecule has 3 N–H and O–H groups in total. The normalized spacial score (nSPS) is 9.94. The zero-order valence-corrected chi connectivity index (χ0v) is 8.71. The first-order valence-corrected chi connectivity index (χ1v) is 4.53. The molecule has 0 fully saturated rings. The second kappa shape index (κ2) is 4.93. The van der Waals surface area contributed by atoms with Crippen molar-refractivity contribution in [3.63, 3.8) is 0 Å². The molecule has 1 aromatic carbocycles. The van der Waals surface area contributed by atoms with E-state index < -0.39 is 23.4 Å². The van der Waals surface area contributed by atoms with E-state index in [-0.39, 0.29) is 17.1 Å². The number of carbonyl (C=O) groups is 1. The highest BCUT2D eigenvalue weighted by Gasteiger charge is 2.14. The lowest BCUT2D eigenvalue weighted by Crippen LogP contribution is -2.32. The van der Waals surface area contributed by atoms with Gasteiger partial charge in [0.25, 0.3) is 5.91 Å². The predicted octanol–water partition coefficient (Wildman–Crippen LogP) is 1.12. The van der Waals surface area contributed by atoms with Gasteiger partial charge in [0.2, 0.25) is 0 Å². The lowest BCUT2D eigenvalue weighted by molar-refractivity contribution is 0.0958. The number of halogens is 3. The molecule has 1 aromatic rings. The van der Waals surface area contributed by atoms with Crippen molar-refractivity contribution >= 4 is 23.1 Å². The Morgan fingerprint density at radius 3 is 2.25 bits per heavy atom. The molecule has 3 nitrogen and oxygen atoms in total. The molecule has 0 aliphatic carbocycles. The summed E-state index contributed by atoms with van der Waals surface area (Å²) in [6, 6.07) is 1.18. The Kier molecular flexibility index (Phi) is 3.83. The van der Waals surface area contributed by atoms with Crippen LogP contribution >= 0.6 is 12.2 Å². The minimum absolute atomic E-state index is 0.0244. The fourth-order valence-electron chi connectivity index (χ4n) is 0.956.